The Kier molecular flexibility index (Phi) is 5.44. The molecule has 0 spiro atoms. The molecule has 2 aliphatic heterocycles. The van der Waals surface area contributed by atoms with E-state index < -0.39 is 10.0 Å². The Labute approximate surface area is 117 Å². The van der Waals surface area contributed by atoms with Gasteiger partial charge in [0.1, 0.15) is 4.66 Å². The molecule has 18 heavy (non-hydrogen) atoms. The predicted molar refractivity (Wildman–Crippen MR) is 72.2 cm³/mol. The fourth-order valence-corrected chi connectivity index (χ4v) is 4.20. The van der Waals surface area contributed by atoms with Gasteiger partial charge in [-0.2, -0.15) is 4.31 Å². The van der Waals surface area contributed by atoms with Crippen molar-refractivity contribution < 1.29 is 17.9 Å². The molecule has 2 heterocycles. The van der Waals surface area contributed by atoms with E-state index in [1.807, 2.05) is 0 Å². The van der Waals surface area contributed by atoms with E-state index in [4.69, 9.17) is 9.47 Å². The average Bonchev–Trinajstić information content (AvgIpc) is 3.01. The number of rotatable bonds is 6. The van der Waals surface area contributed by atoms with Crippen LogP contribution in [0, 0.1) is 0 Å². The second-order valence-electron chi connectivity index (χ2n) is 4.81. The fraction of sp³-hybridized carbons (Fsp3) is 1.00. The molecule has 0 aromatic heterocycles. The third-order valence-electron chi connectivity index (χ3n) is 3.39. The number of hydrogen-bond donors (Lipinski definition) is 0. The van der Waals surface area contributed by atoms with Gasteiger partial charge in [-0.05, 0) is 25.7 Å². The highest BCUT2D eigenvalue weighted by atomic mass is 79.9. The topological polar surface area (TPSA) is 55.8 Å². The first-order valence-electron chi connectivity index (χ1n) is 6.39. The van der Waals surface area contributed by atoms with Crippen LogP contribution in [-0.4, -0.2) is 55.9 Å². The van der Waals surface area contributed by atoms with Crippen LogP contribution in [0.25, 0.3) is 0 Å². The van der Waals surface area contributed by atoms with Crippen LogP contribution >= 0.6 is 15.9 Å². The highest BCUT2D eigenvalue weighted by Crippen LogP contribution is 2.20. The van der Waals surface area contributed by atoms with Crippen molar-refractivity contribution in [1.29, 1.82) is 0 Å². The van der Waals surface area contributed by atoms with Crippen molar-refractivity contribution in [3.8, 4) is 0 Å². The molecular weight excluding hydrogens is 322 g/mol. The van der Waals surface area contributed by atoms with Crippen LogP contribution in [-0.2, 0) is 19.5 Å². The first kappa shape index (κ1) is 14.7. The second-order valence-corrected chi connectivity index (χ2v) is 8.08. The van der Waals surface area contributed by atoms with Crippen molar-refractivity contribution >= 4 is 26.0 Å². The van der Waals surface area contributed by atoms with Gasteiger partial charge in [0.05, 0.1) is 12.2 Å². The molecule has 2 fully saturated rings. The third kappa shape index (κ3) is 3.90. The van der Waals surface area contributed by atoms with Crippen LogP contribution in [0.4, 0.5) is 0 Å². The summed E-state index contributed by atoms with van der Waals surface area (Å²) in [6, 6.07) is 0. The summed E-state index contributed by atoms with van der Waals surface area (Å²) in [4.78, 5) is 0. The van der Waals surface area contributed by atoms with Crippen molar-refractivity contribution in [2.45, 2.75) is 37.9 Å². The van der Waals surface area contributed by atoms with Gasteiger partial charge in [-0.15, -0.1) is 0 Å². The summed E-state index contributed by atoms with van der Waals surface area (Å²) < 4.78 is 36.6. The monoisotopic (exact) mass is 341 g/mol. The molecule has 0 amide bonds. The molecule has 2 aliphatic rings. The predicted octanol–water partition coefficient (Wildman–Crippen LogP) is 1.33. The van der Waals surface area contributed by atoms with Crippen LogP contribution in [0.2, 0.25) is 0 Å². The lowest BCUT2D eigenvalue weighted by Gasteiger charge is -2.26. The van der Waals surface area contributed by atoms with Crippen molar-refractivity contribution in [1.82, 2.24) is 4.31 Å². The molecule has 2 saturated heterocycles. The first-order valence-corrected chi connectivity index (χ1v) is 9.12. The summed E-state index contributed by atoms with van der Waals surface area (Å²) in [6.45, 7) is 2.39. The standard InChI is InChI=1S/C11H20BrNO4S/c12-9-18(14,15)13(7-10-3-1-5-16-10)8-11-4-2-6-17-11/h10-11H,1-9H2. The summed E-state index contributed by atoms with van der Waals surface area (Å²) in [5, 5.41) is 0. The Morgan fingerprint density at radius 1 is 1.06 bits per heavy atom. The Morgan fingerprint density at radius 2 is 1.56 bits per heavy atom. The number of sulfonamides is 1. The lowest BCUT2D eigenvalue weighted by Crippen LogP contribution is -2.42. The summed E-state index contributed by atoms with van der Waals surface area (Å²) in [5.74, 6) is 0. The Bertz CT molecular complexity index is 332. The molecular formula is C11H20BrNO4S. The zero-order chi connectivity index (χ0) is 13.0. The molecule has 106 valence electrons. The van der Waals surface area contributed by atoms with E-state index in [2.05, 4.69) is 15.9 Å². The minimum Gasteiger partial charge on any atom is -0.377 e. The van der Waals surface area contributed by atoms with Crippen molar-refractivity contribution in [2.75, 3.05) is 31.0 Å². The molecule has 0 N–H and O–H groups in total. The van der Waals surface area contributed by atoms with Crippen LogP contribution in [0.5, 0.6) is 0 Å². The third-order valence-corrected chi connectivity index (χ3v) is 6.49. The quantitative estimate of drug-likeness (QED) is 0.684. The Hall–Kier alpha value is 0.310. The van der Waals surface area contributed by atoms with Crippen LogP contribution < -0.4 is 0 Å². The molecule has 0 radical (unpaired) electrons. The smallest absolute Gasteiger partial charge is 0.224 e. The maximum Gasteiger partial charge on any atom is 0.224 e. The maximum absolute atomic E-state index is 12.0. The molecule has 2 rings (SSSR count). The summed E-state index contributed by atoms with van der Waals surface area (Å²) in [5.41, 5.74) is 0. The van der Waals surface area contributed by atoms with E-state index in [0.29, 0.717) is 13.1 Å². The molecule has 0 aliphatic carbocycles. The van der Waals surface area contributed by atoms with E-state index in [1.165, 1.54) is 4.31 Å². The molecule has 0 aromatic rings. The second kappa shape index (κ2) is 6.65. The zero-order valence-electron chi connectivity index (χ0n) is 10.4. The Balaban J connectivity index is 1.97. The summed E-state index contributed by atoms with van der Waals surface area (Å²) in [7, 11) is -3.25. The minimum atomic E-state index is -3.25. The number of nitrogens with zero attached hydrogens (tertiary/aromatic N) is 1. The van der Waals surface area contributed by atoms with Gasteiger partial charge in [0.25, 0.3) is 0 Å². The molecule has 2 atom stereocenters. The van der Waals surface area contributed by atoms with E-state index in [-0.39, 0.29) is 16.9 Å². The molecule has 0 aromatic carbocycles. The fourth-order valence-electron chi connectivity index (χ4n) is 2.40. The van der Waals surface area contributed by atoms with Crippen LogP contribution in [0.15, 0.2) is 0 Å². The lowest BCUT2D eigenvalue weighted by atomic mass is 10.2. The van der Waals surface area contributed by atoms with Gasteiger partial charge < -0.3 is 9.47 Å². The highest BCUT2D eigenvalue weighted by Gasteiger charge is 2.30. The van der Waals surface area contributed by atoms with E-state index >= 15 is 0 Å². The number of hydrogen-bond acceptors (Lipinski definition) is 4. The normalized spacial score (nSPS) is 29.2. The minimum absolute atomic E-state index is 0.0419. The van der Waals surface area contributed by atoms with Gasteiger partial charge in [0, 0.05) is 26.3 Å². The number of alkyl halides is 1. The largest absolute Gasteiger partial charge is 0.377 e. The average molecular weight is 342 g/mol. The summed E-state index contributed by atoms with van der Waals surface area (Å²) in [6.07, 6.45) is 4.01. The van der Waals surface area contributed by atoms with E-state index in [9.17, 15) is 8.42 Å². The van der Waals surface area contributed by atoms with Crippen molar-refractivity contribution in [2.24, 2.45) is 0 Å². The van der Waals surface area contributed by atoms with Crippen LogP contribution in [0.1, 0.15) is 25.7 Å². The SMILES string of the molecule is O=S(=O)(CBr)N(CC1CCCO1)CC1CCCO1. The van der Waals surface area contributed by atoms with E-state index in [1.54, 1.807) is 0 Å². The van der Waals surface area contributed by atoms with E-state index in [0.717, 1.165) is 38.9 Å². The lowest BCUT2D eigenvalue weighted by molar-refractivity contribution is 0.0650. The van der Waals surface area contributed by atoms with Gasteiger partial charge in [0.15, 0.2) is 0 Å². The highest BCUT2D eigenvalue weighted by molar-refractivity contribution is 9.10. The number of halogens is 1. The van der Waals surface area contributed by atoms with Crippen LogP contribution in [0.3, 0.4) is 0 Å². The van der Waals surface area contributed by atoms with Gasteiger partial charge >= 0.3 is 0 Å². The van der Waals surface area contributed by atoms with Gasteiger partial charge in [-0.3, -0.25) is 0 Å². The molecule has 0 saturated carbocycles. The maximum atomic E-state index is 12.0. The molecule has 2 unspecified atom stereocenters. The molecule has 0 bridgehead atoms. The number of ether oxygens (including phenoxy) is 2. The van der Waals surface area contributed by atoms with Gasteiger partial charge in [-0.25, -0.2) is 8.42 Å². The van der Waals surface area contributed by atoms with Crippen molar-refractivity contribution in [3.05, 3.63) is 0 Å². The van der Waals surface area contributed by atoms with Crippen molar-refractivity contribution in [3.63, 3.8) is 0 Å². The summed E-state index contributed by atoms with van der Waals surface area (Å²) >= 11 is 3.06. The Morgan fingerprint density at radius 3 is 1.89 bits per heavy atom. The van der Waals surface area contributed by atoms with Gasteiger partial charge in [0.2, 0.25) is 10.0 Å². The molecule has 5 nitrogen and oxygen atoms in total. The van der Waals surface area contributed by atoms with Gasteiger partial charge in [-0.1, -0.05) is 15.9 Å². The molecule has 7 heteroatoms. The first-order chi connectivity index (χ1) is 8.62. The zero-order valence-corrected chi connectivity index (χ0v) is 12.8.